The number of hydrogen-bond donors (Lipinski definition) is 2. The van der Waals surface area contributed by atoms with Crippen molar-refractivity contribution >= 4 is 17.6 Å². The van der Waals surface area contributed by atoms with Gasteiger partial charge in [0.1, 0.15) is 11.8 Å². The van der Waals surface area contributed by atoms with Gasteiger partial charge in [0.05, 0.1) is 18.7 Å². The van der Waals surface area contributed by atoms with Crippen molar-refractivity contribution in [3.63, 3.8) is 0 Å². The van der Waals surface area contributed by atoms with Gasteiger partial charge in [-0.1, -0.05) is 58.2 Å². The lowest BCUT2D eigenvalue weighted by atomic mass is 9.72. The first-order valence-corrected chi connectivity index (χ1v) is 15.0. The summed E-state index contributed by atoms with van der Waals surface area (Å²) in [5.41, 5.74) is 0.564. The largest absolute Gasteiger partial charge is 0.496 e. The highest BCUT2D eigenvalue weighted by atomic mass is 19.4. The number of nitrogens with one attached hydrogen (secondary N) is 1. The van der Waals surface area contributed by atoms with Gasteiger partial charge in [0.25, 0.3) is 0 Å². The molecule has 1 aliphatic carbocycles. The van der Waals surface area contributed by atoms with Crippen molar-refractivity contribution in [3.05, 3.63) is 59.2 Å². The van der Waals surface area contributed by atoms with E-state index in [1.54, 1.807) is 4.90 Å². The quantitative estimate of drug-likeness (QED) is 0.358. The molecule has 0 radical (unpaired) electrons. The normalized spacial score (nSPS) is 23.3. The number of carboxylic acid groups (broad SMARTS) is 1. The maximum Gasteiger partial charge on any atom is 0.416 e. The molecule has 1 heterocycles. The molecule has 0 spiro atoms. The van der Waals surface area contributed by atoms with E-state index >= 15 is 0 Å². The topological polar surface area (TPSA) is 82.1 Å². The van der Waals surface area contributed by atoms with Crippen LogP contribution in [-0.4, -0.2) is 55.2 Å². The Kier molecular flexibility index (Phi) is 9.69. The van der Waals surface area contributed by atoms with Crippen molar-refractivity contribution in [1.29, 1.82) is 0 Å². The predicted octanol–water partition coefficient (Wildman–Crippen LogP) is 6.52. The molecule has 2 aromatic rings. The predicted molar refractivity (Wildman–Crippen MR) is 160 cm³/mol. The van der Waals surface area contributed by atoms with Crippen LogP contribution in [0.4, 0.5) is 18.9 Å². The third-order valence-corrected chi connectivity index (χ3v) is 9.00. The van der Waals surface area contributed by atoms with E-state index in [0.29, 0.717) is 24.2 Å². The number of ether oxygens (including phenoxy) is 1. The molecule has 10 heteroatoms. The molecule has 43 heavy (non-hydrogen) atoms. The van der Waals surface area contributed by atoms with E-state index in [-0.39, 0.29) is 18.4 Å². The molecule has 2 N–H and O–H groups in total. The molecule has 0 bridgehead atoms. The summed E-state index contributed by atoms with van der Waals surface area (Å²) < 4.78 is 46.4. The van der Waals surface area contributed by atoms with Gasteiger partial charge in [0, 0.05) is 49.8 Å². The lowest BCUT2D eigenvalue weighted by Gasteiger charge is -2.36. The summed E-state index contributed by atoms with van der Waals surface area (Å²) in [6.07, 6.45) is -0.228. The van der Waals surface area contributed by atoms with E-state index in [4.69, 9.17) is 4.74 Å². The Morgan fingerprint density at radius 3 is 2.26 bits per heavy atom. The number of alkyl halides is 3. The average Bonchev–Trinajstić information content (AvgIpc) is 3.31. The molecule has 4 rings (SSSR count). The van der Waals surface area contributed by atoms with Crippen molar-refractivity contribution < 1.29 is 32.6 Å². The van der Waals surface area contributed by atoms with Crippen LogP contribution in [0.15, 0.2) is 42.5 Å². The summed E-state index contributed by atoms with van der Waals surface area (Å²) in [4.78, 5) is 31.1. The molecule has 1 saturated carbocycles. The summed E-state index contributed by atoms with van der Waals surface area (Å²) in [6.45, 7) is 5.85. The molecule has 1 saturated heterocycles. The number of hydrogen-bond acceptors (Lipinski definition) is 5. The molecule has 2 fully saturated rings. The van der Waals surface area contributed by atoms with Crippen LogP contribution >= 0.6 is 0 Å². The first-order valence-electron chi connectivity index (χ1n) is 15.0. The Balaban J connectivity index is 1.89. The van der Waals surface area contributed by atoms with Gasteiger partial charge in [-0.3, -0.25) is 4.79 Å². The second-order valence-electron chi connectivity index (χ2n) is 13.1. The van der Waals surface area contributed by atoms with Crippen molar-refractivity contribution in [3.8, 4) is 5.75 Å². The molecule has 1 amide bonds. The van der Waals surface area contributed by atoms with Gasteiger partial charge in [-0.15, -0.1) is 0 Å². The van der Waals surface area contributed by atoms with E-state index in [9.17, 15) is 27.9 Å². The van der Waals surface area contributed by atoms with Crippen LogP contribution in [-0.2, 0) is 22.3 Å². The average molecular weight is 604 g/mol. The highest BCUT2D eigenvalue weighted by Crippen LogP contribution is 2.51. The first-order chi connectivity index (χ1) is 20.2. The third kappa shape index (κ3) is 6.79. The number of nitrogens with zero attached hydrogens (tertiary/aromatic N) is 2. The molecule has 4 atom stereocenters. The monoisotopic (exact) mass is 603 g/mol. The smallest absolute Gasteiger partial charge is 0.416 e. The fourth-order valence-electron chi connectivity index (χ4n) is 7.08. The van der Waals surface area contributed by atoms with Gasteiger partial charge < -0.3 is 25.0 Å². The fraction of sp³-hybridized carbons (Fsp3) is 0.576. The Bertz CT molecular complexity index is 1300. The number of benzene rings is 2. The minimum absolute atomic E-state index is 0.0111. The number of carbonyl (C=O) groups is 2. The van der Waals surface area contributed by atoms with Gasteiger partial charge in [0.2, 0.25) is 5.91 Å². The highest BCUT2D eigenvalue weighted by Gasteiger charge is 2.58. The van der Waals surface area contributed by atoms with Crippen LogP contribution in [0.3, 0.4) is 0 Å². The minimum Gasteiger partial charge on any atom is -0.496 e. The van der Waals surface area contributed by atoms with Gasteiger partial charge >= 0.3 is 12.1 Å². The van der Waals surface area contributed by atoms with Crippen LogP contribution in [0.25, 0.3) is 0 Å². The number of anilines is 1. The highest BCUT2D eigenvalue weighted by molar-refractivity contribution is 5.87. The Morgan fingerprint density at radius 1 is 1.05 bits per heavy atom. The van der Waals surface area contributed by atoms with Gasteiger partial charge in [-0.05, 0) is 48.1 Å². The second kappa shape index (κ2) is 12.8. The Morgan fingerprint density at radius 2 is 1.70 bits per heavy atom. The molecular formula is C33H44F3N3O4. The van der Waals surface area contributed by atoms with E-state index in [2.05, 4.69) is 5.32 Å². The minimum atomic E-state index is -4.53. The van der Waals surface area contributed by atoms with E-state index in [1.807, 2.05) is 64.0 Å². The van der Waals surface area contributed by atoms with Crippen LogP contribution < -0.4 is 15.0 Å². The summed E-state index contributed by atoms with van der Waals surface area (Å²) in [7, 11) is 5.20. The Labute approximate surface area is 252 Å². The van der Waals surface area contributed by atoms with Gasteiger partial charge in [-0.25, -0.2) is 4.79 Å². The molecular weight excluding hydrogens is 559 g/mol. The number of carbonyl (C=O) groups excluding carboxylic acids is 1. The molecule has 1 aliphatic heterocycles. The summed E-state index contributed by atoms with van der Waals surface area (Å²) in [5.74, 6) is -1.79. The van der Waals surface area contributed by atoms with Gasteiger partial charge in [0.15, 0.2) is 0 Å². The maximum atomic E-state index is 14.4. The molecule has 7 nitrogen and oxygen atoms in total. The molecule has 2 aromatic carbocycles. The molecule has 0 unspecified atom stereocenters. The van der Waals surface area contributed by atoms with E-state index in [1.165, 1.54) is 13.2 Å². The third-order valence-electron chi connectivity index (χ3n) is 9.00. The van der Waals surface area contributed by atoms with Crippen molar-refractivity contribution in [2.75, 3.05) is 26.1 Å². The van der Waals surface area contributed by atoms with Crippen molar-refractivity contribution in [2.24, 2.45) is 17.3 Å². The number of para-hydroxylation sites is 1. The molecule has 2 aliphatic rings. The zero-order chi connectivity index (χ0) is 31.7. The Hall–Kier alpha value is -3.27. The number of halogens is 3. The maximum absolute atomic E-state index is 14.4. The molecule has 0 aromatic heterocycles. The number of rotatable bonds is 8. The van der Waals surface area contributed by atoms with E-state index in [0.717, 1.165) is 42.6 Å². The standard InChI is InChI=1S/C33H44F3N3O4/c1-32(2,3)26-27(37-19-21-18-22(33(34,35)36)16-17-25(21)43-6)28(23-14-10-11-15-24(23)38(4)5)39(29(26)31(41)42)30(40)20-12-8-7-9-13-20/h10-11,14-18,20,26-29,37H,7-9,12-13,19H2,1-6H3,(H,41,42)/t26-,27-,28-,29-/m1/s1. The van der Waals surface area contributed by atoms with Crippen LogP contribution in [0.2, 0.25) is 0 Å². The van der Waals surface area contributed by atoms with Crippen LogP contribution in [0.1, 0.15) is 75.6 Å². The zero-order valence-electron chi connectivity index (χ0n) is 25.9. The van der Waals surface area contributed by atoms with Crippen molar-refractivity contribution in [2.45, 2.75) is 83.7 Å². The number of carboxylic acids is 1. The van der Waals surface area contributed by atoms with Gasteiger partial charge in [-0.2, -0.15) is 13.2 Å². The molecule has 236 valence electrons. The lowest BCUT2D eigenvalue weighted by molar-refractivity contribution is -0.154. The summed E-state index contributed by atoms with van der Waals surface area (Å²) in [5, 5.41) is 14.2. The van der Waals surface area contributed by atoms with Crippen molar-refractivity contribution in [1.82, 2.24) is 10.2 Å². The number of amides is 1. The van der Waals surface area contributed by atoms with Crippen LogP contribution in [0, 0.1) is 17.3 Å². The number of aliphatic carboxylic acids is 1. The summed E-state index contributed by atoms with van der Waals surface area (Å²) >= 11 is 0. The fourth-order valence-corrected chi connectivity index (χ4v) is 7.08. The summed E-state index contributed by atoms with van der Waals surface area (Å²) in [6, 6.07) is 8.58. The lowest BCUT2D eigenvalue weighted by Crippen LogP contribution is -2.49. The van der Waals surface area contributed by atoms with Crippen LogP contribution in [0.5, 0.6) is 5.75 Å². The zero-order valence-corrected chi connectivity index (χ0v) is 25.9. The SMILES string of the molecule is COc1ccc(C(F)(F)F)cc1CN[C@@H]1[C@@H](C(C)(C)C)[C@H](C(=O)O)N(C(=O)C2CCCCC2)[C@@H]1c1ccccc1N(C)C. The first kappa shape index (κ1) is 32.6. The second-order valence-corrected chi connectivity index (χ2v) is 13.1. The number of methoxy groups -OCH3 is 1. The van der Waals surface area contributed by atoms with E-state index < -0.39 is 47.2 Å². The number of likely N-dealkylation sites (tertiary alicyclic amines) is 1.